The Kier molecular flexibility index (Phi) is 3.77. The van der Waals surface area contributed by atoms with Crippen LogP contribution in [-0.2, 0) is 4.79 Å². The monoisotopic (exact) mass is 286 g/mol. The summed E-state index contributed by atoms with van der Waals surface area (Å²) in [5.74, 6) is 4.50. The molecule has 0 fully saturated rings. The number of rotatable bonds is 1. The van der Waals surface area contributed by atoms with Crippen molar-refractivity contribution in [2.75, 3.05) is 0 Å². The summed E-state index contributed by atoms with van der Waals surface area (Å²) in [7, 11) is 0. The SMILES string of the molecule is O=C(O)CC#Cc1ccccc1I. The van der Waals surface area contributed by atoms with Crippen LogP contribution in [-0.4, -0.2) is 11.1 Å². The predicted octanol–water partition coefficient (Wildman–Crippen LogP) is 2.12. The summed E-state index contributed by atoms with van der Waals surface area (Å²) in [5.41, 5.74) is 0.879. The maximum Gasteiger partial charge on any atom is 0.315 e. The van der Waals surface area contributed by atoms with Crippen LogP contribution in [0.2, 0.25) is 0 Å². The zero-order valence-corrected chi connectivity index (χ0v) is 8.91. The molecule has 0 aromatic heterocycles. The molecule has 0 aliphatic rings. The lowest BCUT2D eigenvalue weighted by Crippen LogP contribution is -1.90. The van der Waals surface area contributed by atoms with E-state index in [0.717, 1.165) is 9.13 Å². The zero-order chi connectivity index (χ0) is 9.68. The average Bonchev–Trinajstić information content (AvgIpc) is 2.08. The molecule has 13 heavy (non-hydrogen) atoms. The molecule has 0 aliphatic carbocycles. The Bertz CT molecular complexity index is 374. The lowest BCUT2D eigenvalue weighted by atomic mass is 10.2. The summed E-state index contributed by atoms with van der Waals surface area (Å²) in [6.07, 6.45) is -0.106. The smallest absolute Gasteiger partial charge is 0.315 e. The molecule has 0 amide bonds. The normalized spacial score (nSPS) is 8.69. The summed E-state index contributed by atoms with van der Waals surface area (Å²) in [6, 6.07) is 7.61. The maximum absolute atomic E-state index is 10.2. The highest BCUT2D eigenvalue weighted by Gasteiger charge is 1.93. The summed E-state index contributed by atoms with van der Waals surface area (Å²) >= 11 is 2.17. The van der Waals surface area contributed by atoms with Crippen LogP contribution in [0.1, 0.15) is 12.0 Å². The number of carboxylic acids is 1. The molecule has 0 heterocycles. The van der Waals surface area contributed by atoms with E-state index in [0.29, 0.717) is 0 Å². The van der Waals surface area contributed by atoms with Crippen molar-refractivity contribution >= 4 is 28.6 Å². The van der Waals surface area contributed by atoms with Gasteiger partial charge in [-0.2, -0.15) is 0 Å². The largest absolute Gasteiger partial charge is 0.481 e. The zero-order valence-electron chi connectivity index (χ0n) is 6.75. The first kappa shape index (κ1) is 10.1. The number of benzene rings is 1. The van der Waals surface area contributed by atoms with Gasteiger partial charge in [0, 0.05) is 9.13 Å². The molecule has 0 aliphatic heterocycles. The van der Waals surface area contributed by atoms with Crippen molar-refractivity contribution in [2.24, 2.45) is 0 Å². The first-order valence-electron chi connectivity index (χ1n) is 3.65. The lowest BCUT2D eigenvalue weighted by Gasteiger charge is -1.92. The standard InChI is InChI=1S/C10H7IO2/c11-9-6-2-1-4-8(9)5-3-7-10(12)13/h1-2,4,6H,7H2,(H,12,13). The van der Waals surface area contributed by atoms with E-state index in [1.165, 1.54) is 0 Å². The molecular formula is C10H7IO2. The van der Waals surface area contributed by atoms with E-state index in [1.54, 1.807) is 0 Å². The highest BCUT2D eigenvalue weighted by molar-refractivity contribution is 14.1. The molecule has 1 aromatic carbocycles. The van der Waals surface area contributed by atoms with Gasteiger partial charge in [0.05, 0.1) is 0 Å². The number of halogens is 1. The molecule has 66 valence electrons. The molecule has 0 radical (unpaired) electrons. The molecule has 3 heteroatoms. The van der Waals surface area contributed by atoms with E-state index in [9.17, 15) is 4.79 Å². The molecule has 1 rings (SSSR count). The van der Waals surface area contributed by atoms with Crippen molar-refractivity contribution in [3.8, 4) is 11.8 Å². The number of carbonyl (C=O) groups is 1. The number of hydrogen-bond acceptors (Lipinski definition) is 1. The van der Waals surface area contributed by atoms with Gasteiger partial charge in [-0.25, -0.2) is 0 Å². The Hall–Kier alpha value is -1.02. The molecule has 0 atom stereocenters. The Morgan fingerprint density at radius 2 is 2.15 bits per heavy atom. The third-order valence-electron chi connectivity index (χ3n) is 1.34. The van der Waals surface area contributed by atoms with E-state index in [1.807, 2.05) is 24.3 Å². The van der Waals surface area contributed by atoms with E-state index < -0.39 is 5.97 Å². The van der Waals surface area contributed by atoms with E-state index in [-0.39, 0.29) is 6.42 Å². The minimum Gasteiger partial charge on any atom is -0.481 e. The van der Waals surface area contributed by atoms with Gasteiger partial charge in [-0.3, -0.25) is 4.79 Å². The van der Waals surface area contributed by atoms with Gasteiger partial charge in [-0.15, -0.1) is 0 Å². The van der Waals surface area contributed by atoms with Gasteiger partial charge in [0.2, 0.25) is 0 Å². The fourth-order valence-corrected chi connectivity index (χ4v) is 1.30. The van der Waals surface area contributed by atoms with Gasteiger partial charge in [0.25, 0.3) is 0 Å². The van der Waals surface area contributed by atoms with Crippen LogP contribution in [0.15, 0.2) is 24.3 Å². The minimum absolute atomic E-state index is 0.106. The van der Waals surface area contributed by atoms with Crippen LogP contribution in [0, 0.1) is 15.4 Å². The second-order valence-corrected chi connectivity index (χ2v) is 3.51. The summed E-state index contributed by atoms with van der Waals surface area (Å²) in [4.78, 5) is 10.2. The molecule has 2 nitrogen and oxygen atoms in total. The van der Waals surface area contributed by atoms with Crippen LogP contribution in [0.5, 0.6) is 0 Å². The quantitative estimate of drug-likeness (QED) is 0.634. The second kappa shape index (κ2) is 4.87. The number of carboxylic acid groups (broad SMARTS) is 1. The molecule has 0 saturated carbocycles. The first-order chi connectivity index (χ1) is 6.20. The Balaban J connectivity index is 2.77. The molecule has 0 bridgehead atoms. The average molecular weight is 286 g/mol. The van der Waals surface area contributed by atoms with Gasteiger partial charge in [-0.1, -0.05) is 24.0 Å². The Labute approximate surface area is 90.1 Å². The van der Waals surface area contributed by atoms with Crippen molar-refractivity contribution in [1.29, 1.82) is 0 Å². The maximum atomic E-state index is 10.2. The van der Waals surface area contributed by atoms with Gasteiger partial charge in [-0.05, 0) is 34.7 Å². The highest BCUT2D eigenvalue weighted by atomic mass is 127. The van der Waals surface area contributed by atoms with Gasteiger partial charge in [0.1, 0.15) is 6.42 Å². The Morgan fingerprint density at radius 1 is 1.46 bits per heavy atom. The summed E-state index contributed by atoms with van der Waals surface area (Å²) in [6.45, 7) is 0. The highest BCUT2D eigenvalue weighted by Crippen LogP contribution is 2.09. The molecule has 0 spiro atoms. The molecular weight excluding hydrogens is 279 g/mol. The van der Waals surface area contributed by atoms with Crippen LogP contribution in [0.3, 0.4) is 0 Å². The van der Waals surface area contributed by atoms with Gasteiger partial charge >= 0.3 is 5.97 Å². The number of aliphatic carboxylic acids is 1. The minimum atomic E-state index is -0.890. The third-order valence-corrected chi connectivity index (χ3v) is 2.28. The fraction of sp³-hybridized carbons (Fsp3) is 0.100. The van der Waals surface area contributed by atoms with Gasteiger partial charge < -0.3 is 5.11 Å². The summed E-state index contributed by atoms with van der Waals surface area (Å²) in [5, 5.41) is 8.36. The lowest BCUT2D eigenvalue weighted by molar-refractivity contribution is -0.135. The molecule has 0 unspecified atom stereocenters. The van der Waals surface area contributed by atoms with Crippen LogP contribution in [0.25, 0.3) is 0 Å². The third kappa shape index (κ3) is 3.47. The van der Waals surface area contributed by atoms with Crippen LogP contribution >= 0.6 is 22.6 Å². The van der Waals surface area contributed by atoms with Crippen molar-refractivity contribution in [3.63, 3.8) is 0 Å². The van der Waals surface area contributed by atoms with E-state index >= 15 is 0 Å². The summed E-state index contributed by atoms with van der Waals surface area (Å²) < 4.78 is 1.04. The van der Waals surface area contributed by atoms with Crippen molar-refractivity contribution in [3.05, 3.63) is 33.4 Å². The van der Waals surface area contributed by atoms with Crippen molar-refractivity contribution in [2.45, 2.75) is 6.42 Å². The van der Waals surface area contributed by atoms with Crippen LogP contribution in [0.4, 0.5) is 0 Å². The van der Waals surface area contributed by atoms with Gasteiger partial charge in [0.15, 0.2) is 0 Å². The van der Waals surface area contributed by atoms with E-state index in [4.69, 9.17) is 5.11 Å². The van der Waals surface area contributed by atoms with Crippen molar-refractivity contribution in [1.82, 2.24) is 0 Å². The topological polar surface area (TPSA) is 37.3 Å². The van der Waals surface area contributed by atoms with E-state index in [2.05, 4.69) is 34.4 Å². The molecule has 0 saturated heterocycles. The second-order valence-electron chi connectivity index (χ2n) is 2.35. The predicted molar refractivity (Wildman–Crippen MR) is 58.3 cm³/mol. The van der Waals surface area contributed by atoms with Crippen LogP contribution < -0.4 is 0 Å². The first-order valence-corrected chi connectivity index (χ1v) is 4.73. The van der Waals surface area contributed by atoms with Crippen molar-refractivity contribution < 1.29 is 9.90 Å². The number of hydrogen-bond donors (Lipinski definition) is 1. The fourth-order valence-electron chi connectivity index (χ4n) is 0.778. The Morgan fingerprint density at radius 3 is 2.77 bits per heavy atom. The molecule has 1 aromatic rings. The molecule has 1 N–H and O–H groups in total.